The summed E-state index contributed by atoms with van der Waals surface area (Å²) in [6, 6.07) is -1.04. The van der Waals surface area contributed by atoms with Crippen LogP contribution in [-0.4, -0.2) is 65.4 Å². The number of hydrogen-bond acceptors (Lipinski definition) is 6. The van der Waals surface area contributed by atoms with E-state index in [0.717, 1.165) is 0 Å². The predicted octanol–water partition coefficient (Wildman–Crippen LogP) is -0.459. The molecular weight excluding hydrogens is 318 g/mol. The van der Waals surface area contributed by atoms with Crippen molar-refractivity contribution in [3.05, 3.63) is 0 Å². The molecule has 3 unspecified atom stereocenters. The highest BCUT2D eigenvalue weighted by Gasteiger charge is 2.21. The van der Waals surface area contributed by atoms with Crippen molar-refractivity contribution in [2.45, 2.75) is 64.3 Å². The third-order valence-electron chi connectivity index (χ3n) is 3.20. The number of hydrogen-bond donors (Lipinski definition) is 5. The smallest absolute Gasteiger partial charge is 0.320 e. The molecule has 0 aromatic rings. The van der Waals surface area contributed by atoms with Crippen LogP contribution in [0.4, 0.5) is 0 Å². The zero-order chi connectivity index (χ0) is 18.7. The number of aliphatic carboxylic acids is 2. The molecule has 0 saturated carbocycles. The van der Waals surface area contributed by atoms with Crippen LogP contribution in [0.1, 0.15) is 40.0 Å². The third kappa shape index (κ3) is 11.8. The van der Waals surface area contributed by atoms with Gasteiger partial charge in [0.25, 0.3) is 0 Å². The van der Waals surface area contributed by atoms with Gasteiger partial charge >= 0.3 is 11.9 Å². The Morgan fingerprint density at radius 3 is 2.25 bits per heavy atom. The van der Waals surface area contributed by atoms with E-state index in [2.05, 4.69) is 10.6 Å². The van der Waals surface area contributed by atoms with Gasteiger partial charge in [-0.2, -0.15) is 0 Å². The van der Waals surface area contributed by atoms with Gasteiger partial charge in [-0.1, -0.05) is 13.8 Å². The van der Waals surface area contributed by atoms with Gasteiger partial charge in [0.1, 0.15) is 6.04 Å². The van der Waals surface area contributed by atoms with Crippen LogP contribution in [0.2, 0.25) is 0 Å². The minimum Gasteiger partial charge on any atom is -0.481 e. The number of nitrogens with two attached hydrogens (primary N) is 1. The lowest BCUT2D eigenvalue weighted by Gasteiger charge is -2.23. The number of carboxylic acid groups (broad SMARTS) is 2. The van der Waals surface area contributed by atoms with Crippen molar-refractivity contribution >= 4 is 17.8 Å². The van der Waals surface area contributed by atoms with E-state index in [9.17, 15) is 14.4 Å². The molecule has 0 radical (unpaired) electrons. The van der Waals surface area contributed by atoms with Crippen LogP contribution in [0.3, 0.4) is 0 Å². The summed E-state index contributed by atoms with van der Waals surface area (Å²) in [5, 5.41) is 24.0. The SMILES string of the molecule is CC(C)NCC(CC(=O)O)OCC(C)NC(CCC(N)=O)C(=O)O. The second-order valence-corrected chi connectivity index (χ2v) is 6.08. The lowest BCUT2D eigenvalue weighted by Crippen LogP contribution is -2.45. The molecule has 0 spiro atoms. The van der Waals surface area contributed by atoms with Crippen molar-refractivity contribution in [2.24, 2.45) is 5.73 Å². The Morgan fingerprint density at radius 1 is 1.17 bits per heavy atom. The predicted molar refractivity (Wildman–Crippen MR) is 87.6 cm³/mol. The maximum absolute atomic E-state index is 11.2. The average Bonchev–Trinajstić information content (AvgIpc) is 2.45. The number of amides is 1. The average molecular weight is 347 g/mol. The lowest BCUT2D eigenvalue weighted by molar-refractivity contribution is -0.140. The van der Waals surface area contributed by atoms with Gasteiger partial charge in [-0.15, -0.1) is 0 Å². The summed E-state index contributed by atoms with van der Waals surface area (Å²) < 4.78 is 5.58. The molecule has 0 heterocycles. The number of carbonyl (C=O) groups excluding carboxylic acids is 1. The van der Waals surface area contributed by atoms with E-state index in [-0.39, 0.29) is 38.0 Å². The van der Waals surface area contributed by atoms with Gasteiger partial charge < -0.3 is 26.0 Å². The molecule has 1 amide bonds. The van der Waals surface area contributed by atoms with Crippen LogP contribution in [0, 0.1) is 0 Å². The van der Waals surface area contributed by atoms with E-state index < -0.39 is 30.0 Å². The van der Waals surface area contributed by atoms with Gasteiger partial charge in [0.15, 0.2) is 0 Å². The van der Waals surface area contributed by atoms with E-state index in [1.165, 1.54) is 0 Å². The van der Waals surface area contributed by atoms with Crippen molar-refractivity contribution in [3.8, 4) is 0 Å². The fourth-order valence-electron chi connectivity index (χ4n) is 1.99. The normalized spacial score (nSPS) is 15.0. The minimum atomic E-state index is -1.08. The second-order valence-electron chi connectivity index (χ2n) is 6.08. The van der Waals surface area contributed by atoms with E-state index >= 15 is 0 Å². The Morgan fingerprint density at radius 2 is 1.79 bits per heavy atom. The largest absolute Gasteiger partial charge is 0.481 e. The standard InChI is InChI=1S/C15H29N3O6/c1-9(2)17-7-11(6-14(20)21)24-8-10(3)18-12(15(22)23)4-5-13(16)19/h9-12,17-18H,4-8H2,1-3H3,(H2,16,19)(H,20,21)(H,22,23). The third-order valence-corrected chi connectivity index (χ3v) is 3.20. The highest BCUT2D eigenvalue weighted by molar-refractivity contribution is 5.77. The van der Waals surface area contributed by atoms with Crippen LogP contribution in [0.25, 0.3) is 0 Å². The molecule has 0 aliphatic rings. The van der Waals surface area contributed by atoms with Crippen LogP contribution in [-0.2, 0) is 19.1 Å². The molecule has 0 bridgehead atoms. The summed E-state index contributed by atoms with van der Waals surface area (Å²) in [4.78, 5) is 32.8. The summed E-state index contributed by atoms with van der Waals surface area (Å²) in [6.45, 7) is 6.16. The maximum atomic E-state index is 11.2. The molecule has 0 aromatic heterocycles. The zero-order valence-electron chi connectivity index (χ0n) is 14.4. The molecule has 0 saturated heterocycles. The topological polar surface area (TPSA) is 151 Å². The van der Waals surface area contributed by atoms with E-state index in [4.69, 9.17) is 20.7 Å². The summed E-state index contributed by atoms with van der Waals surface area (Å²) in [5.74, 6) is -2.60. The summed E-state index contributed by atoms with van der Waals surface area (Å²) in [6.07, 6.45) is -0.598. The van der Waals surface area contributed by atoms with Gasteiger partial charge in [-0.3, -0.25) is 19.7 Å². The van der Waals surface area contributed by atoms with Crippen molar-refractivity contribution in [3.63, 3.8) is 0 Å². The molecule has 0 rings (SSSR count). The van der Waals surface area contributed by atoms with Crippen molar-refractivity contribution < 1.29 is 29.3 Å². The van der Waals surface area contributed by atoms with Gasteiger partial charge in [-0.25, -0.2) is 0 Å². The molecule has 24 heavy (non-hydrogen) atoms. The summed E-state index contributed by atoms with van der Waals surface area (Å²) in [5.41, 5.74) is 5.03. The molecule has 0 aliphatic heterocycles. The first-order valence-electron chi connectivity index (χ1n) is 7.95. The molecule has 140 valence electrons. The summed E-state index contributed by atoms with van der Waals surface area (Å²) >= 11 is 0. The fraction of sp³-hybridized carbons (Fsp3) is 0.800. The molecule has 6 N–H and O–H groups in total. The van der Waals surface area contributed by atoms with Crippen molar-refractivity contribution in [1.82, 2.24) is 10.6 Å². The van der Waals surface area contributed by atoms with Gasteiger partial charge in [0.2, 0.25) is 5.91 Å². The Labute approximate surface area is 141 Å². The molecule has 3 atom stereocenters. The zero-order valence-corrected chi connectivity index (χ0v) is 14.4. The molecule has 9 heteroatoms. The molecule has 0 fully saturated rings. The Balaban J connectivity index is 4.41. The Bertz CT molecular complexity index is 416. The first-order valence-corrected chi connectivity index (χ1v) is 7.95. The Kier molecular flexibility index (Phi) is 10.9. The van der Waals surface area contributed by atoms with Gasteiger partial charge in [-0.05, 0) is 13.3 Å². The number of ether oxygens (including phenoxy) is 1. The van der Waals surface area contributed by atoms with Crippen LogP contribution in [0.15, 0.2) is 0 Å². The minimum absolute atomic E-state index is 0.0303. The highest BCUT2D eigenvalue weighted by Crippen LogP contribution is 2.03. The van der Waals surface area contributed by atoms with Gasteiger partial charge in [0, 0.05) is 25.0 Å². The summed E-state index contributed by atoms with van der Waals surface area (Å²) in [7, 11) is 0. The van der Waals surface area contributed by atoms with Crippen molar-refractivity contribution in [2.75, 3.05) is 13.2 Å². The molecule has 0 aromatic carbocycles. The first-order chi connectivity index (χ1) is 11.1. The number of rotatable bonds is 14. The van der Waals surface area contributed by atoms with E-state index in [1.54, 1.807) is 6.92 Å². The molecule has 0 aliphatic carbocycles. The number of primary amides is 1. The highest BCUT2D eigenvalue weighted by atomic mass is 16.5. The number of carboxylic acids is 2. The number of carbonyl (C=O) groups is 3. The van der Waals surface area contributed by atoms with Crippen LogP contribution in [0.5, 0.6) is 0 Å². The molecule has 9 nitrogen and oxygen atoms in total. The number of nitrogens with one attached hydrogen (secondary N) is 2. The van der Waals surface area contributed by atoms with Crippen molar-refractivity contribution in [1.29, 1.82) is 0 Å². The monoisotopic (exact) mass is 347 g/mol. The molecular formula is C15H29N3O6. The van der Waals surface area contributed by atoms with Crippen LogP contribution < -0.4 is 16.4 Å². The fourth-order valence-corrected chi connectivity index (χ4v) is 1.99. The Hall–Kier alpha value is -1.71. The van der Waals surface area contributed by atoms with Gasteiger partial charge in [0.05, 0.1) is 19.1 Å². The second kappa shape index (κ2) is 11.8. The first kappa shape index (κ1) is 22.3. The maximum Gasteiger partial charge on any atom is 0.320 e. The van der Waals surface area contributed by atoms with Crippen LogP contribution >= 0.6 is 0 Å². The van der Waals surface area contributed by atoms with E-state index in [1.807, 2.05) is 13.8 Å². The van der Waals surface area contributed by atoms with E-state index in [0.29, 0.717) is 6.54 Å². The quantitative estimate of drug-likeness (QED) is 0.283. The lowest BCUT2D eigenvalue weighted by atomic mass is 10.1.